The van der Waals surface area contributed by atoms with Crippen molar-refractivity contribution in [2.24, 2.45) is 0 Å². The largest absolute Gasteiger partial charge is 0.384 e. The van der Waals surface area contributed by atoms with Gasteiger partial charge in [0, 0.05) is 10.2 Å². The molecule has 0 radical (unpaired) electrons. The maximum atomic E-state index is 11.1. The van der Waals surface area contributed by atoms with Gasteiger partial charge in [0.15, 0.2) is 0 Å². The highest BCUT2D eigenvalue weighted by Crippen LogP contribution is 2.20. The van der Waals surface area contributed by atoms with Crippen LogP contribution in [0.5, 0.6) is 0 Å². The molecule has 4 heteroatoms. The zero-order chi connectivity index (χ0) is 10.7. The number of aliphatic hydroxyl groups is 1. The normalized spacial score (nSPS) is 12.3. The topological polar surface area (TPSA) is 49.3 Å². The fourth-order valence-electron chi connectivity index (χ4n) is 0.917. The third-order valence-electron chi connectivity index (χ3n) is 1.82. The fraction of sp³-hybridized carbons (Fsp3) is 0.300. The molecule has 14 heavy (non-hydrogen) atoms. The predicted octanol–water partition coefficient (Wildman–Crippen LogP) is 2.08. The Labute approximate surface area is 91.3 Å². The van der Waals surface area contributed by atoms with E-state index < -0.39 is 12.0 Å². The summed E-state index contributed by atoms with van der Waals surface area (Å²) in [5.41, 5.74) is 1.77. The van der Waals surface area contributed by atoms with Gasteiger partial charge in [-0.3, -0.25) is 4.79 Å². The highest BCUT2D eigenvalue weighted by Gasteiger charge is 2.08. The second-order valence-electron chi connectivity index (χ2n) is 3.13. The van der Waals surface area contributed by atoms with Gasteiger partial charge in [-0.05, 0) is 31.5 Å². The van der Waals surface area contributed by atoms with Crippen molar-refractivity contribution >= 4 is 27.5 Å². The van der Waals surface area contributed by atoms with E-state index in [4.69, 9.17) is 5.11 Å². The van der Waals surface area contributed by atoms with E-state index in [1.165, 1.54) is 6.92 Å². The van der Waals surface area contributed by atoms with Gasteiger partial charge in [0.2, 0.25) is 0 Å². The highest BCUT2D eigenvalue weighted by molar-refractivity contribution is 9.10. The molecule has 0 saturated heterocycles. The summed E-state index contributed by atoms with van der Waals surface area (Å²) in [5.74, 6) is -0.402. The number of rotatable bonds is 2. The molecule has 0 saturated carbocycles. The van der Waals surface area contributed by atoms with Crippen LogP contribution in [0.15, 0.2) is 22.7 Å². The van der Waals surface area contributed by atoms with Gasteiger partial charge in [0.25, 0.3) is 5.91 Å². The number of halogens is 1. The van der Waals surface area contributed by atoms with Crippen LogP contribution < -0.4 is 5.32 Å². The van der Waals surface area contributed by atoms with Crippen molar-refractivity contribution in [1.82, 2.24) is 0 Å². The number of hydrogen-bond acceptors (Lipinski definition) is 2. The molecule has 0 fully saturated rings. The van der Waals surface area contributed by atoms with Crippen LogP contribution >= 0.6 is 15.9 Å². The molecule has 0 aliphatic heterocycles. The molecule has 76 valence electrons. The van der Waals surface area contributed by atoms with Crippen molar-refractivity contribution in [1.29, 1.82) is 0 Å². The fourth-order valence-corrected chi connectivity index (χ4v) is 1.30. The Kier molecular flexibility index (Phi) is 3.66. The number of nitrogens with one attached hydrogen (secondary N) is 1. The van der Waals surface area contributed by atoms with E-state index in [0.717, 1.165) is 10.0 Å². The molecule has 0 spiro atoms. The number of benzene rings is 1. The number of amides is 1. The number of carbonyl (C=O) groups is 1. The van der Waals surface area contributed by atoms with Crippen LogP contribution in [0.2, 0.25) is 0 Å². The maximum Gasteiger partial charge on any atom is 0.252 e. The van der Waals surface area contributed by atoms with Crippen molar-refractivity contribution in [3.8, 4) is 0 Å². The van der Waals surface area contributed by atoms with Crippen LogP contribution in [0, 0.1) is 6.92 Å². The molecule has 1 unspecified atom stereocenters. The first kappa shape index (κ1) is 11.2. The lowest BCUT2D eigenvalue weighted by atomic mass is 10.2. The van der Waals surface area contributed by atoms with Gasteiger partial charge in [-0.25, -0.2) is 0 Å². The summed E-state index contributed by atoms with van der Waals surface area (Å²) >= 11 is 3.36. The SMILES string of the molecule is Cc1ccc(NC(=O)C(C)O)cc1Br. The Bertz CT molecular complexity index is 350. The maximum absolute atomic E-state index is 11.1. The van der Waals surface area contributed by atoms with Crippen LogP contribution in [0.4, 0.5) is 5.69 Å². The van der Waals surface area contributed by atoms with Crippen molar-refractivity contribution in [2.45, 2.75) is 20.0 Å². The van der Waals surface area contributed by atoms with E-state index in [1.807, 2.05) is 13.0 Å². The zero-order valence-corrected chi connectivity index (χ0v) is 9.63. The first-order valence-corrected chi connectivity index (χ1v) is 5.05. The minimum absolute atomic E-state index is 0.402. The monoisotopic (exact) mass is 257 g/mol. The summed E-state index contributed by atoms with van der Waals surface area (Å²) in [7, 11) is 0. The van der Waals surface area contributed by atoms with Crippen molar-refractivity contribution in [3.63, 3.8) is 0 Å². The Morgan fingerprint density at radius 1 is 1.57 bits per heavy atom. The van der Waals surface area contributed by atoms with Gasteiger partial charge in [-0.15, -0.1) is 0 Å². The van der Waals surface area contributed by atoms with Crippen molar-refractivity contribution in [3.05, 3.63) is 28.2 Å². The first-order valence-electron chi connectivity index (χ1n) is 4.26. The third-order valence-corrected chi connectivity index (χ3v) is 2.67. The average Bonchev–Trinajstić information content (AvgIpc) is 2.11. The number of aryl methyl sites for hydroxylation is 1. The number of aliphatic hydroxyl groups excluding tert-OH is 1. The van der Waals surface area contributed by atoms with Crippen LogP contribution in [0.1, 0.15) is 12.5 Å². The quantitative estimate of drug-likeness (QED) is 0.853. The summed E-state index contributed by atoms with van der Waals surface area (Å²) in [6.07, 6.45) is -0.991. The Balaban J connectivity index is 2.78. The summed E-state index contributed by atoms with van der Waals surface area (Å²) in [4.78, 5) is 11.1. The number of anilines is 1. The summed E-state index contributed by atoms with van der Waals surface area (Å²) in [6.45, 7) is 3.39. The smallest absolute Gasteiger partial charge is 0.252 e. The number of hydrogen-bond donors (Lipinski definition) is 2. The summed E-state index contributed by atoms with van der Waals surface area (Å²) in [5, 5.41) is 11.6. The molecule has 1 rings (SSSR count). The predicted molar refractivity (Wildman–Crippen MR) is 59.2 cm³/mol. The van der Waals surface area contributed by atoms with Gasteiger partial charge in [-0.2, -0.15) is 0 Å². The van der Waals surface area contributed by atoms with Crippen LogP contribution in [0.25, 0.3) is 0 Å². The van der Waals surface area contributed by atoms with E-state index in [2.05, 4.69) is 21.2 Å². The lowest BCUT2D eigenvalue weighted by Gasteiger charge is -2.08. The second kappa shape index (κ2) is 4.57. The van der Waals surface area contributed by atoms with Gasteiger partial charge >= 0.3 is 0 Å². The molecule has 1 amide bonds. The molecule has 0 aromatic heterocycles. The summed E-state index contributed by atoms with van der Waals surface area (Å²) < 4.78 is 0.931. The molecule has 1 aromatic rings. The third kappa shape index (κ3) is 2.82. The van der Waals surface area contributed by atoms with E-state index in [-0.39, 0.29) is 0 Å². The van der Waals surface area contributed by atoms with Gasteiger partial charge in [0.05, 0.1) is 0 Å². The summed E-state index contributed by atoms with van der Waals surface area (Å²) in [6, 6.07) is 5.48. The van der Waals surface area contributed by atoms with Gasteiger partial charge < -0.3 is 10.4 Å². The van der Waals surface area contributed by atoms with Gasteiger partial charge in [-0.1, -0.05) is 22.0 Å². The van der Waals surface area contributed by atoms with Crippen molar-refractivity contribution in [2.75, 3.05) is 5.32 Å². The molecule has 3 nitrogen and oxygen atoms in total. The lowest BCUT2D eigenvalue weighted by Crippen LogP contribution is -2.24. The lowest BCUT2D eigenvalue weighted by molar-refractivity contribution is -0.123. The molecule has 1 aromatic carbocycles. The molecule has 2 N–H and O–H groups in total. The molecular weight excluding hydrogens is 246 g/mol. The average molecular weight is 258 g/mol. The second-order valence-corrected chi connectivity index (χ2v) is 3.98. The highest BCUT2D eigenvalue weighted by atomic mass is 79.9. The van der Waals surface area contributed by atoms with E-state index >= 15 is 0 Å². The zero-order valence-electron chi connectivity index (χ0n) is 8.04. The van der Waals surface area contributed by atoms with Crippen LogP contribution in [-0.4, -0.2) is 17.1 Å². The Morgan fingerprint density at radius 2 is 2.21 bits per heavy atom. The Hall–Kier alpha value is -0.870. The van der Waals surface area contributed by atoms with E-state index in [1.54, 1.807) is 12.1 Å². The van der Waals surface area contributed by atoms with Crippen LogP contribution in [-0.2, 0) is 4.79 Å². The molecule has 0 bridgehead atoms. The van der Waals surface area contributed by atoms with E-state index in [9.17, 15) is 4.79 Å². The van der Waals surface area contributed by atoms with E-state index in [0.29, 0.717) is 5.69 Å². The van der Waals surface area contributed by atoms with Crippen molar-refractivity contribution < 1.29 is 9.90 Å². The molecule has 1 atom stereocenters. The minimum atomic E-state index is -0.991. The molecule has 0 aliphatic carbocycles. The Morgan fingerprint density at radius 3 is 2.71 bits per heavy atom. The first-order chi connectivity index (χ1) is 6.50. The molecular formula is C10H12BrNO2. The van der Waals surface area contributed by atoms with Gasteiger partial charge in [0.1, 0.15) is 6.10 Å². The molecule has 0 aliphatic rings. The minimum Gasteiger partial charge on any atom is -0.384 e. The number of carbonyl (C=O) groups excluding carboxylic acids is 1. The molecule has 0 heterocycles. The standard InChI is InChI=1S/C10H12BrNO2/c1-6-3-4-8(5-9(6)11)12-10(14)7(2)13/h3-5,7,13H,1-2H3,(H,12,14). The van der Waals surface area contributed by atoms with Crippen LogP contribution in [0.3, 0.4) is 0 Å².